The van der Waals surface area contributed by atoms with Gasteiger partial charge in [-0.25, -0.2) is 9.69 Å². The fourth-order valence-corrected chi connectivity index (χ4v) is 3.87. The molecule has 0 N–H and O–H groups in total. The van der Waals surface area contributed by atoms with Crippen molar-refractivity contribution < 1.29 is 9.59 Å². The van der Waals surface area contributed by atoms with Gasteiger partial charge in [0.05, 0.1) is 21.6 Å². The molecule has 26 heavy (non-hydrogen) atoms. The van der Waals surface area contributed by atoms with Crippen molar-refractivity contribution in [1.29, 1.82) is 0 Å². The summed E-state index contributed by atoms with van der Waals surface area (Å²) in [6.45, 7) is 0. The normalized spacial score (nSPS) is 16.2. The number of rotatable bonds is 2. The summed E-state index contributed by atoms with van der Waals surface area (Å²) in [6, 6.07) is 14.4. The maximum atomic E-state index is 12.7. The average molecular weight is 365 g/mol. The largest absolute Gasteiger partial charge is 0.328 e. The SMILES string of the molecule is Cn1c(=O)n(C)c2cc(/C=C3\SC(=O)N(c4ccccc4)C3=O)ccc21. The first-order valence-corrected chi connectivity index (χ1v) is 8.77. The van der Waals surface area contributed by atoms with E-state index in [1.165, 1.54) is 4.90 Å². The van der Waals surface area contributed by atoms with Gasteiger partial charge in [0.15, 0.2) is 0 Å². The van der Waals surface area contributed by atoms with E-state index < -0.39 is 0 Å². The van der Waals surface area contributed by atoms with Gasteiger partial charge in [-0.3, -0.25) is 18.7 Å². The zero-order chi connectivity index (χ0) is 18.4. The highest BCUT2D eigenvalue weighted by Gasteiger charge is 2.36. The summed E-state index contributed by atoms with van der Waals surface area (Å²) in [5, 5.41) is -0.319. The maximum absolute atomic E-state index is 12.7. The quantitative estimate of drug-likeness (QED) is 0.655. The summed E-state index contributed by atoms with van der Waals surface area (Å²) in [5.74, 6) is -0.340. The summed E-state index contributed by atoms with van der Waals surface area (Å²) in [5.41, 5.74) is 2.79. The molecular formula is C19H15N3O3S. The van der Waals surface area contributed by atoms with Crippen molar-refractivity contribution >= 4 is 45.7 Å². The first-order valence-electron chi connectivity index (χ1n) is 7.96. The summed E-state index contributed by atoms with van der Waals surface area (Å²) in [4.78, 5) is 38.5. The molecule has 0 saturated carbocycles. The van der Waals surface area contributed by atoms with Gasteiger partial charge >= 0.3 is 5.69 Å². The number of fused-ring (bicyclic) bond motifs is 1. The van der Waals surface area contributed by atoms with Gasteiger partial charge in [0, 0.05) is 14.1 Å². The van der Waals surface area contributed by atoms with Gasteiger partial charge in [0.25, 0.3) is 11.1 Å². The van der Waals surface area contributed by atoms with Crippen molar-refractivity contribution in [1.82, 2.24) is 9.13 Å². The number of para-hydroxylation sites is 1. The Hall–Kier alpha value is -3.06. The third-order valence-electron chi connectivity index (χ3n) is 4.40. The average Bonchev–Trinajstić information content (AvgIpc) is 3.04. The number of anilines is 1. The molecule has 0 spiro atoms. The molecule has 4 rings (SSSR count). The molecule has 2 aromatic carbocycles. The van der Waals surface area contributed by atoms with E-state index in [1.54, 1.807) is 53.6 Å². The van der Waals surface area contributed by atoms with Crippen LogP contribution in [0.1, 0.15) is 5.56 Å². The van der Waals surface area contributed by atoms with Crippen molar-refractivity contribution in [2.75, 3.05) is 4.90 Å². The van der Waals surface area contributed by atoms with Crippen LogP contribution in [-0.2, 0) is 18.9 Å². The number of hydrogen-bond acceptors (Lipinski definition) is 4. The molecular weight excluding hydrogens is 350 g/mol. The lowest BCUT2D eigenvalue weighted by atomic mass is 10.1. The Bertz CT molecular complexity index is 1140. The highest BCUT2D eigenvalue weighted by molar-refractivity contribution is 8.19. The molecule has 0 aliphatic carbocycles. The summed E-state index contributed by atoms with van der Waals surface area (Å²) in [7, 11) is 3.42. The maximum Gasteiger partial charge on any atom is 0.328 e. The standard InChI is InChI=1S/C19H15N3O3S/c1-20-14-9-8-12(10-15(14)21(2)18(20)24)11-16-17(23)22(19(25)26-16)13-6-4-3-5-7-13/h3-11H,1-2H3/b16-11-. The van der Waals surface area contributed by atoms with Crippen LogP contribution < -0.4 is 10.6 Å². The number of nitrogens with zero attached hydrogens (tertiary/aromatic N) is 3. The van der Waals surface area contributed by atoms with Crippen LogP contribution in [-0.4, -0.2) is 20.3 Å². The molecule has 0 bridgehead atoms. The Morgan fingerprint density at radius 3 is 2.31 bits per heavy atom. The van der Waals surface area contributed by atoms with Crippen molar-refractivity contribution in [2.45, 2.75) is 0 Å². The van der Waals surface area contributed by atoms with Crippen molar-refractivity contribution in [2.24, 2.45) is 14.1 Å². The van der Waals surface area contributed by atoms with E-state index in [4.69, 9.17) is 0 Å². The molecule has 130 valence electrons. The number of imidazole rings is 1. The highest BCUT2D eigenvalue weighted by Crippen LogP contribution is 2.35. The van der Waals surface area contributed by atoms with E-state index in [1.807, 2.05) is 24.3 Å². The van der Waals surface area contributed by atoms with Crippen LogP contribution in [0.4, 0.5) is 10.5 Å². The molecule has 2 amide bonds. The molecule has 0 unspecified atom stereocenters. The smallest absolute Gasteiger partial charge is 0.295 e. The van der Waals surface area contributed by atoms with Crippen LogP contribution in [0.15, 0.2) is 58.2 Å². The predicted octanol–water partition coefficient (Wildman–Crippen LogP) is 3.12. The Labute approximate surface area is 153 Å². The summed E-state index contributed by atoms with van der Waals surface area (Å²) >= 11 is 0.914. The van der Waals surface area contributed by atoms with Gasteiger partial charge in [-0.2, -0.15) is 0 Å². The zero-order valence-electron chi connectivity index (χ0n) is 14.2. The molecule has 1 aliphatic rings. The highest BCUT2D eigenvalue weighted by atomic mass is 32.2. The second-order valence-corrected chi connectivity index (χ2v) is 6.99. The van der Waals surface area contributed by atoms with Crippen molar-refractivity contribution in [3.63, 3.8) is 0 Å². The molecule has 0 atom stereocenters. The van der Waals surface area contributed by atoms with Crippen molar-refractivity contribution in [3.8, 4) is 0 Å². The Morgan fingerprint density at radius 1 is 0.885 bits per heavy atom. The van der Waals surface area contributed by atoms with Crippen molar-refractivity contribution in [3.05, 3.63) is 69.5 Å². The fraction of sp³-hybridized carbons (Fsp3) is 0.105. The number of thioether (sulfide) groups is 1. The lowest BCUT2D eigenvalue weighted by Gasteiger charge is -2.11. The number of aromatic nitrogens is 2. The topological polar surface area (TPSA) is 64.3 Å². The predicted molar refractivity (Wildman–Crippen MR) is 103 cm³/mol. The lowest BCUT2D eigenvalue weighted by Crippen LogP contribution is -2.27. The molecule has 1 fully saturated rings. The lowest BCUT2D eigenvalue weighted by molar-refractivity contribution is -0.113. The minimum Gasteiger partial charge on any atom is -0.295 e. The number of aryl methyl sites for hydroxylation is 2. The molecule has 2 heterocycles. The zero-order valence-corrected chi connectivity index (χ0v) is 15.0. The van der Waals surface area contributed by atoms with Crippen LogP contribution >= 0.6 is 11.8 Å². The second kappa shape index (κ2) is 6.03. The molecule has 3 aromatic rings. The number of carbonyl (C=O) groups is 2. The van der Waals surface area contributed by atoms with Crippen LogP contribution in [0.2, 0.25) is 0 Å². The third-order valence-corrected chi connectivity index (χ3v) is 5.27. The number of hydrogen-bond donors (Lipinski definition) is 0. The van der Waals surface area contributed by atoms with Gasteiger partial charge in [0.1, 0.15) is 0 Å². The Kier molecular flexibility index (Phi) is 3.81. The molecule has 1 aromatic heterocycles. The first-order chi connectivity index (χ1) is 12.5. The Morgan fingerprint density at radius 2 is 1.58 bits per heavy atom. The van der Waals surface area contributed by atoms with Gasteiger partial charge in [-0.1, -0.05) is 24.3 Å². The van der Waals surface area contributed by atoms with Crippen LogP contribution in [0.3, 0.4) is 0 Å². The monoisotopic (exact) mass is 365 g/mol. The minimum atomic E-state index is -0.340. The van der Waals surface area contributed by atoms with Gasteiger partial charge < -0.3 is 0 Å². The molecule has 0 radical (unpaired) electrons. The van der Waals surface area contributed by atoms with Crippen LogP contribution in [0.25, 0.3) is 17.1 Å². The third kappa shape index (κ3) is 2.48. The van der Waals surface area contributed by atoms with E-state index in [-0.39, 0.29) is 16.8 Å². The number of imide groups is 1. The minimum absolute atomic E-state index is 0.110. The van der Waals surface area contributed by atoms with E-state index in [9.17, 15) is 14.4 Å². The van der Waals surface area contributed by atoms with E-state index in [0.29, 0.717) is 10.6 Å². The number of benzene rings is 2. The van der Waals surface area contributed by atoms with E-state index in [0.717, 1.165) is 28.4 Å². The van der Waals surface area contributed by atoms with Gasteiger partial charge in [-0.15, -0.1) is 0 Å². The molecule has 7 heteroatoms. The molecule has 6 nitrogen and oxygen atoms in total. The van der Waals surface area contributed by atoms with Gasteiger partial charge in [0.2, 0.25) is 0 Å². The van der Waals surface area contributed by atoms with Crippen LogP contribution in [0.5, 0.6) is 0 Å². The fourth-order valence-electron chi connectivity index (χ4n) is 3.03. The number of carbonyl (C=O) groups excluding carboxylic acids is 2. The van der Waals surface area contributed by atoms with E-state index >= 15 is 0 Å². The van der Waals surface area contributed by atoms with Crippen LogP contribution in [0, 0.1) is 0 Å². The Balaban J connectivity index is 1.74. The summed E-state index contributed by atoms with van der Waals surface area (Å²) < 4.78 is 3.13. The number of amides is 2. The first kappa shape index (κ1) is 16.4. The van der Waals surface area contributed by atoms with E-state index in [2.05, 4.69) is 0 Å². The molecule has 1 saturated heterocycles. The van der Waals surface area contributed by atoms with Gasteiger partial charge in [-0.05, 0) is 47.7 Å². The molecule has 1 aliphatic heterocycles. The second-order valence-electron chi connectivity index (χ2n) is 6.00. The summed E-state index contributed by atoms with van der Waals surface area (Å²) in [6.07, 6.45) is 1.69.